The maximum atomic E-state index is 12.2. The van der Waals surface area contributed by atoms with E-state index in [4.69, 9.17) is 4.74 Å². The number of aromatic nitrogens is 2. The maximum Gasteiger partial charge on any atom is 0.333 e. The molecule has 0 bridgehead atoms. The predicted octanol–water partition coefficient (Wildman–Crippen LogP) is -2.67. The number of ether oxygens (including phenoxy) is 1. The van der Waals surface area contributed by atoms with Gasteiger partial charge >= 0.3 is 5.69 Å². The van der Waals surface area contributed by atoms with Gasteiger partial charge in [0.1, 0.15) is 30.0 Å². The van der Waals surface area contributed by atoms with E-state index in [1.54, 1.807) is 0 Å². The van der Waals surface area contributed by atoms with Crippen LogP contribution < -0.4 is 11.2 Å². The highest BCUT2D eigenvalue weighted by molar-refractivity contribution is 5.27. The van der Waals surface area contributed by atoms with Crippen molar-refractivity contribution in [2.75, 3.05) is 0 Å². The standard InChI is InChI=1S/C12H18N2O7/c1-4-6(15)7(16)8(17)9(21-4)5-10(18)13(2)12(20)14(3)11(5)19/h4,6-9,15-18H,1-3H3/t4-,6+,7+,8-,9+/m1/s1. The second-order valence-corrected chi connectivity index (χ2v) is 5.18. The minimum Gasteiger partial charge on any atom is -0.494 e. The summed E-state index contributed by atoms with van der Waals surface area (Å²) in [5.41, 5.74) is -1.92. The fourth-order valence-electron chi connectivity index (χ4n) is 2.40. The van der Waals surface area contributed by atoms with Gasteiger partial charge in [0.25, 0.3) is 5.56 Å². The van der Waals surface area contributed by atoms with Crippen LogP contribution in [0, 0.1) is 0 Å². The first-order valence-electron chi connectivity index (χ1n) is 6.37. The molecule has 0 aliphatic carbocycles. The van der Waals surface area contributed by atoms with Gasteiger partial charge in [-0.2, -0.15) is 0 Å². The van der Waals surface area contributed by atoms with Crippen molar-refractivity contribution >= 4 is 0 Å². The van der Waals surface area contributed by atoms with Crippen molar-refractivity contribution in [1.29, 1.82) is 0 Å². The summed E-state index contributed by atoms with van der Waals surface area (Å²) in [7, 11) is 2.47. The van der Waals surface area contributed by atoms with Gasteiger partial charge in [-0.15, -0.1) is 0 Å². The molecule has 21 heavy (non-hydrogen) atoms. The molecule has 118 valence electrons. The van der Waals surface area contributed by atoms with Gasteiger partial charge in [-0.3, -0.25) is 13.9 Å². The zero-order valence-corrected chi connectivity index (χ0v) is 11.8. The lowest BCUT2D eigenvalue weighted by atomic mass is 9.92. The minimum atomic E-state index is -1.62. The first-order valence-corrected chi connectivity index (χ1v) is 6.37. The van der Waals surface area contributed by atoms with E-state index < -0.39 is 47.6 Å². The van der Waals surface area contributed by atoms with Gasteiger partial charge in [0.15, 0.2) is 0 Å². The Kier molecular flexibility index (Phi) is 3.93. The number of aliphatic hydroxyl groups excluding tert-OH is 3. The van der Waals surface area contributed by atoms with Crippen LogP contribution >= 0.6 is 0 Å². The molecule has 2 heterocycles. The van der Waals surface area contributed by atoms with E-state index in [2.05, 4.69) is 0 Å². The zero-order chi connectivity index (χ0) is 16.1. The SMILES string of the molecule is C[C@H]1O[C@@H](c2c(O)n(C)c(=O)n(C)c2=O)[C@H](O)[C@@H](O)[C@H]1O. The Morgan fingerprint density at radius 3 is 2.14 bits per heavy atom. The minimum absolute atomic E-state index is 0.343. The third kappa shape index (κ3) is 2.27. The first-order chi connectivity index (χ1) is 9.68. The monoisotopic (exact) mass is 302 g/mol. The number of aliphatic hydroxyl groups is 3. The third-order valence-corrected chi connectivity index (χ3v) is 3.80. The molecule has 1 fully saturated rings. The third-order valence-electron chi connectivity index (χ3n) is 3.80. The summed E-state index contributed by atoms with van der Waals surface area (Å²) in [5, 5.41) is 39.4. The van der Waals surface area contributed by atoms with Crippen LogP contribution in [0.1, 0.15) is 18.6 Å². The Labute approximate surface area is 119 Å². The number of nitrogens with zero attached hydrogens (tertiary/aromatic N) is 2. The van der Waals surface area contributed by atoms with E-state index in [9.17, 15) is 30.0 Å². The van der Waals surface area contributed by atoms with E-state index in [-0.39, 0.29) is 5.56 Å². The smallest absolute Gasteiger partial charge is 0.333 e. The molecule has 0 radical (unpaired) electrons. The molecule has 1 saturated heterocycles. The van der Waals surface area contributed by atoms with Gasteiger partial charge < -0.3 is 25.2 Å². The van der Waals surface area contributed by atoms with E-state index in [1.807, 2.05) is 0 Å². The predicted molar refractivity (Wildman–Crippen MR) is 69.9 cm³/mol. The molecular weight excluding hydrogens is 284 g/mol. The lowest BCUT2D eigenvalue weighted by Crippen LogP contribution is -2.54. The summed E-state index contributed by atoms with van der Waals surface area (Å²) in [6.45, 7) is 1.45. The van der Waals surface area contributed by atoms with Crippen LogP contribution in [-0.4, -0.2) is 54.0 Å². The zero-order valence-electron chi connectivity index (χ0n) is 11.8. The van der Waals surface area contributed by atoms with Gasteiger partial charge in [0.2, 0.25) is 5.88 Å². The Morgan fingerprint density at radius 2 is 1.57 bits per heavy atom. The van der Waals surface area contributed by atoms with Crippen molar-refractivity contribution in [3.05, 3.63) is 26.4 Å². The second-order valence-electron chi connectivity index (χ2n) is 5.18. The van der Waals surface area contributed by atoms with E-state index in [1.165, 1.54) is 21.0 Å². The van der Waals surface area contributed by atoms with Crippen molar-refractivity contribution < 1.29 is 25.2 Å². The van der Waals surface area contributed by atoms with Crippen molar-refractivity contribution in [2.45, 2.75) is 37.4 Å². The molecule has 4 N–H and O–H groups in total. The molecule has 0 amide bonds. The van der Waals surface area contributed by atoms with Gasteiger partial charge in [-0.05, 0) is 6.92 Å². The van der Waals surface area contributed by atoms with Gasteiger partial charge in [-0.25, -0.2) is 4.79 Å². The largest absolute Gasteiger partial charge is 0.494 e. The molecule has 9 heteroatoms. The van der Waals surface area contributed by atoms with Crippen molar-refractivity contribution in [1.82, 2.24) is 9.13 Å². The van der Waals surface area contributed by atoms with Crippen LogP contribution in [0.5, 0.6) is 5.88 Å². The van der Waals surface area contributed by atoms with Crippen LogP contribution in [0.25, 0.3) is 0 Å². The van der Waals surface area contributed by atoms with E-state index in [0.29, 0.717) is 0 Å². The quantitative estimate of drug-likeness (QED) is 0.444. The summed E-state index contributed by atoms with van der Waals surface area (Å²) < 4.78 is 6.92. The Balaban J connectivity index is 2.62. The first kappa shape index (κ1) is 15.7. The molecule has 5 atom stereocenters. The topological polar surface area (TPSA) is 134 Å². The molecule has 9 nitrogen and oxygen atoms in total. The molecule has 1 aliphatic heterocycles. The van der Waals surface area contributed by atoms with Crippen molar-refractivity contribution in [2.24, 2.45) is 14.1 Å². The number of hydrogen-bond acceptors (Lipinski definition) is 7. The summed E-state index contributed by atoms with van der Waals surface area (Å²) in [5.74, 6) is -0.650. The molecule has 1 aromatic heterocycles. The molecular formula is C12H18N2O7. The fraction of sp³-hybridized carbons (Fsp3) is 0.667. The lowest BCUT2D eigenvalue weighted by Gasteiger charge is -2.39. The number of hydrogen-bond donors (Lipinski definition) is 4. The number of aromatic hydroxyl groups is 1. The number of rotatable bonds is 1. The van der Waals surface area contributed by atoms with Crippen LogP contribution in [0.15, 0.2) is 9.59 Å². The van der Waals surface area contributed by atoms with Crippen LogP contribution in [0.3, 0.4) is 0 Å². The average Bonchev–Trinajstić information content (AvgIpc) is 2.46. The summed E-state index contributed by atoms with van der Waals surface area (Å²) >= 11 is 0. The molecule has 0 unspecified atom stereocenters. The summed E-state index contributed by atoms with van der Waals surface area (Å²) in [6.07, 6.45) is -6.71. The molecule has 0 aromatic carbocycles. The molecule has 0 spiro atoms. The highest BCUT2D eigenvalue weighted by Crippen LogP contribution is 2.33. The Bertz CT molecular complexity index is 665. The lowest BCUT2D eigenvalue weighted by molar-refractivity contribution is -0.220. The normalized spacial score (nSPS) is 33.1. The Hall–Kier alpha value is -1.68. The van der Waals surface area contributed by atoms with Crippen LogP contribution in [0.4, 0.5) is 0 Å². The second kappa shape index (κ2) is 5.26. The van der Waals surface area contributed by atoms with Crippen LogP contribution in [0.2, 0.25) is 0 Å². The molecule has 2 rings (SSSR count). The van der Waals surface area contributed by atoms with Gasteiger partial charge in [0, 0.05) is 14.1 Å². The highest BCUT2D eigenvalue weighted by Gasteiger charge is 2.44. The van der Waals surface area contributed by atoms with E-state index >= 15 is 0 Å². The molecule has 1 aliphatic rings. The Morgan fingerprint density at radius 1 is 1.00 bits per heavy atom. The van der Waals surface area contributed by atoms with Crippen molar-refractivity contribution in [3.8, 4) is 5.88 Å². The molecule has 1 aromatic rings. The van der Waals surface area contributed by atoms with E-state index in [0.717, 1.165) is 9.13 Å². The van der Waals surface area contributed by atoms with Crippen LogP contribution in [-0.2, 0) is 18.8 Å². The van der Waals surface area contributed by atoms with Gasteiger partial charge in [-0.1, -0.05) is 0 Å². The highest BCUT2D eigenvalue weighted by atomic mass is 16.5. The average molecular weight is 302 g/mol. The summed E-state index contributed by atoms with van der Waals surface area (Å²) in [4.78, 5) is 23.8. The fourth-order valence-corrected chi connectivity index (χ4v) is 2.40. The maximum absolute atomic E-state index is 12.2. The molecule has 0 saturated carbocycles. The summed E-state index contributed by atoms with van der Waals surface area (Å²) in [6, 6.07) is 0. The van der Waals surface area contributed by atoms with Crippen molar-refractivity contribution in [3.63, 3.8) is 0 Å². The van der Waals surface area contributed by atoms with Gasteiger partial charge in [0.05, 0.1) is 6.10 Å².